The maximum Gasteiger partial charge on any atom is 0.223 e. The number of hydrogen-bond donors (Lipinski definition) is 2. The SMILES string of the molecule is NC1CCCN(C(=O)CCCNC(=O)C2CC2)C1. The van der Waals surface area contributed by atoms with Gasteiger partial charge < -0.3 is 16.0 Å². The van der Waals surface area contributed by atoms with Crippen molar-refractivity contribution in [3.8, 4) is 0 Å². The quantitative estimate of drug-likeness (QED) is 0.689. The molecule has 18 heavy (non-hydrogen) atoms. The summed E-state index contributed by atoms with van der Waals surface area (Å²) < 4.78 is 0. The summed E-state index contributed by atoms with van der Waals surface area (Å²) in [6.45, 7) is 2.13. The first-order valence-electron chi connectivity index (χ1n) is 6.98. The predicted octanol–water partition coefficient (Wildman–Crippen LogP) is 0.242. The van der Waals surface area contributed by atoms with Gasteiger partial charge in [-0.2, -0.15) is 0 Å². The molecule has 1 unspecified atom stereocenters. The molecule has 0 radical (unpaired) electrons. The van der Waals surface area contributed by atoms with Crippen LogP contribution in [0, 0.1) is 5.92 Å². The van der Waals surface area contributed by atoms with Gasteiger partial charge in [0.25, 0.3) is 0 Å². The van der Waals surface area contributed by atoms with Crippen molar-refractivity contribution in [2.45, 2.75) is 44.6 Å². The van der Waals surface area contributed by atoms with E-state index >= 15 is 0 Å². The summed E-state index contributed by atoms with van der Waals surface area (Å²) in [5.74, 6) is 0.578. The first kappa shape index (κ1) is 13.3. The summed E-state index contributed by atoms with van der Waals surface area (Å²) in [7, 11) is 0. The monoisotopic (exact) mass is 253 g/mol. The molecule has 0 spiro atoms. The number of likely N-dealkylation sites (tertiary alicyclic amines) is 1. The summed E-state index contributed by atoms with van der Waals surface area (Å²) in [6, 6.07) is 0.136. The summed E-state index contributed by atoms with van der Waals surface area (Å²) in [6.07, 6.45) is 5.31. The fourth-order valence-corrected chi connectivity index (χ4v) is 2.34. The zero-order valence-corrected chi connectivity index (χ0v) is 10.9. The number of amides is 2. The Morgan fingerprint density at radius 3 is 2.72 bits per heavy atom. The lowest BCUT2D eigenvalue weighted by Gasteiger charge is -2.30. The van der Waals surface area contributed by atoms with Crippen LogP contribution >= 0.6 is 0 Å². The molecule has 2 fully saturated rings. The van der Waals surface area contributed by atoms with Gasteiger partial charge in [-0.1, -0.05) is 0 Å². The second-order valence-electron chi connectivity index (χ2n) is 5.41. The van der Waals surface area contributed by atoms with Crippen LogP contribution in [-0.4, -0.2) is 42.4 Å². The first-order valence-corrected chi connectivity index (χ1v) is 6.98. The van der Waals surface area contributed by atoms with Gasteiger partial charge in [-0.3, -0.25) is 9.59 Å². The number of nitrogens with two attached hydrogens (primary N) is 1. The van der Waals surface area contributed by atoms with Crippen LogP contribution in [0.25, 0.3) is 0 Å². The zero-order valence-electron chi connectivity index (χ0n) is 10.9. The fourth-order valence-electron chi connectivity index (χ4n) is 2.34. The number of carbonyl (C=O) groups excluding carboxylic acids is 2. The van der Waals surface area contributed by atoms with Crippen molar-refractivity contribution in [2.75, 3.05) is 19.6 Å². The Balaban J connectivity index is 1.57. The largest absolute Gasteiger partial charge is 0.356 e. The average molecular weight is 253 g/mol. The number of piperidine rings is 1. The second-order valence-corrected chi connectivity index (χ2v) is 5.41. The van der Waals surface area contributed by atoms with Crippen molar-refractivity contribution < 1.29 is 9.59 Å². The molecule has 3 N–H and O–H groups in total. The Kier molecular flexibility index (Phi) is 4.58. The van der Waals surface area contributed by atoms with Gasteiger partial charge in [0.2, 0.25) is 11.8 Å². The van der Waals surface area contributed by atoms with E-state index in [4.69, 9.17) is 5.73 Å². The molecule has 0 aromatic heterocycles. The molecule has 5 heteroatoms. The van der Waals surface area contributed by atoms with E-state index in [1.807, 2.05) is 4.90 Å². The molecule has 2 amide bonds. The third kappa shape index (κ3) is 3.98. The van der Waals surface area contributed by atoms with E-state index in [2.05, 4.69) is 5.32 Å². The number of nitrogens with zero attached hydrogens (tertiary/aromatic N) is 1. The fraction of sp³-hybridized carbons (Fsp3) is 0.846. The van der Waals surface area contributed by atoms with Crippen LogP contribution < -0.4 is 11.1 Å². The minimum atomic E-state index is 0.136. The molecular formula is C13H23N3O2. The van der Waals surface area contributed by atoms with Gasteiger partial charge in [-0.05, 0) is 32.1 Å². The van der Waals surface area contributed by atoms with Crippen LogP contribution in [0.4, 0.5) is 0 Å². The molecule has 2 rings (SSSR count). The highest BCUT2D eigenvalue weighted by atomic mass is 16.2. The number of carbonyl (C=O) groups is 2. The maximum absolute atomic E-state index is 11.9. The van der Waals surface area contributed by atoms with E-state index in [9.17, 15) is 9.59 Å². The number of rotatable bonds is 5. The molecule has 5 nitrogen and oxygen atoms in total. The van der Waals surface area contributed by atoms with Gasteiger partial charge in [-0.15, -0.1) is 0 Å². The standard InChI is InChI=1S/C13H23N3O2/c14-11-3-2-8-16(9-11)12(17)4-1-7-15-13(18)10-5-6-10/h10-11H,1-9,14H2,(H,15,18). The van der Waals surface area contributed by atoms with E-state index in [0.717, 1.165) is 38.6 Å². The molecule has 1 heterocycles. The molecule has 102 valence electrons. The van der Waals surface area contributed by atoms with Gasteiger partial charge in [0.1, 0.15) is 0 Å². The molecule has 1 aliphatic carbocycles. The normalized spacial score (nSPS) is 23.8. The third-order valence-corrected chi connectivity index (χ3v) is 3.63. The minimum absolute atomic E-state index is 0.136. The van der Waals surface area contributed by atoms with Crippen molar-refractivity contribution in [2.24, 2.45) is 11.7 Å². The Labute approximate surface area is 108 Å². The Morgan fingerprint density at radius 1 is 1.28 bits per heavy atom. The topological polar surface area (TPSA) is 75.4 Å². The summed E-state index contributed by atoms with van der Waals surface area (Å²) in [5.41, 5.74) is 5.85. The van der Waals surface area contributed by atoms with E-state index in [-0.39, 0.29) is 23.8 Å². The van der Waals surface area contributed by atoms with Crippen molar-refractivity contribution in [3.63, 3.8) is 0 Å². The summed E-state index contributed by atoms with van der Waals surface area (Å²) >= 11 is 0. The molecule has 0 aromatic rings. The van der Waals surface area contributed by atoms with Crippen LogP contribution in [0.15, 0.2) is 0 Å². The lowest BCUT2D eigenvalue weighted by molar-refractivity contribution is -0.132. The van der Waals surface area contributed by atoms with Crippen LogP contribution in [0.3, 0.4) is 0 Å². The highest BCUT2D eigenvalue weighted by Crippen LogP contribution is 2.28. The maximum atomic E-state index is 11.9. The molecule has 1 saturated heterocycles. The van der Waals surface area contributed by atoms with E-state index in [1.54, 1.807) is 0 Å². The number of hydrogen-bond acceptors (Lipinski definition) is 3. The van der Waals surface area contributed by atoms with Crippen LogP contribution in [0.5, 0.6) is 0 Å². The highest BCUT2D eigenvalue weighted by Gasteiger charge is 2.29. The number of nitrogens with one attached hydrogen (secondary N) is 1. The summed E-state index contributed by atoms with van der Waals surface area (Å²) in [4.78, 5) is 25.1. The molecule has 1 saturated carbocycles. The molecule has 1 aliphatic heterocycles. The van der Waals surface area contributed by atoms with Crippen molar-refractivity contribution >= 4 is 11.8 Å². The second kappa shape index (κ2) is 6.18. The van der Waals surface area contributed by atoms with Crippen molar-refractivity contribution in [1.82, 2.24) is 10.2 Å². The minimum Gasteiger partial charge on any atom is -0.356 e. The molecule has 0 bridgehead atoms. The van der Waals surface area contributed by atoms with Crippen molar-refractivity contribution in [1.29, 1.82) is 0 Å². The smallest absolute Gasteiger partial charge is 0.223 e. The highest BCUT2D eigenvalue weighted by molar-refractivity contribution is 5.81. The van der Waals surface area contributed by atoms with Crippen LogP contribution in [-0.2, 0) is 9.59 Å². The van der Waals surface area contributed by atoms with Crippen LogP contribution in [0.1, 0.15) is 38.5 Å². The summed E-state index contributed by atoms with van der Waals surface area (Å²) in [5, 5.41) is 2.88. The Bertz CT molecular complexity index is 315. The van der Waals surface area contributed by atoms with Gasteiger partial charge in [0.15, 0.2) is 0 Å². The van der Waals surface area contributed by atoms with Gasteiger partial charge in [0.05, 0.1) is 0 Å². The van der Waals surface area contributed by atoms with E-state index in [0.29, 0.717) is 19.5 Å². The average Bonchev–Trinajstić information content (AvgIpc) is 3.18. The predicted molar refractivity (Wildman–Crippen MR) is 68.8 cm³/mol. The van der Waals surface area contributed by atoms with E-state index in [1.165, 1.54) is 0 Å². The zero-order chi connectivity index (χ0) is 13.0. The van der Waals surface area contributed by atoms with Gasteiger partial charge in [0, 0.05) is 38.0 Å². The molecule has 2 aliphatic rings. The lowest BCUT2D eigenvalue weighted by Crippen LogP contribution is -2.45. The Hall–Kier alpha value is -1.10. The van der Waals surface area contributed by atoms with E-state index < -0.39 is 0 Å². The third-order valence-electron chi connectivity index (χ3n) is 3.63. The Morgan fingerprint density at radius 2 is 2.06 bits per heavy atom. The van der Waals surface area contributed by atoms with Crippen molar-refractivity contribution in [3.05, 3.63) is 0 Å². The van der Waals surface area contributed by atoms with Gasteiger partial charge in [-0.25, -0.2) is 0 Å². The van der Waals surface area contributed by atoms with Gasteiger partial charge >= 0.3 is 0 Å². The first-order chi connectivity index (χ1) is 8.66. The molecule has 0 aromatic carbocycles. The molecule has 1 atom stereocenters. The lowest BCUT2D eigenvalue weighted by atomic mass is 10.1. The molecular weight excluding hydrogens is 230 g/mol. The van der Waals surface area contributed by atoms with Crippen LogP contribution in [0.2, 0.25) is 0 Å².